The van der Waals surface area contributed by atoms with Crippen molar-refractivity contribution in [3.05, 3.63) is 89.8 Å². The summed E-state index contributed by atoms with van der Waals surface area (Å²) >= 11 is 0. The van der Waals surface area contributed by atoms with Crippen molar-refractivity contribution in [2.75, 3.05) is 32.1 Å². The fourth-order valence-electron chi connectivity index (χ4n) is 4.53. The van der Waals surface area contributed by atoms with E-state index in [0.717, 1.165) is 16.8 Å². The number of hydroxylamine groups is 2. The number of carbonyl (C=O) groups excluding carboxylic acids is 1. The number of halogens is 1. The largest absolute Gasteiger partial charge is 0.383 e. The van der Waals surface area contributed by atoms with Crippen molar-refractivity contribution in [3.8, 4) is 16.9 Å². The number of aryl methyl sites for hydroxylation is 1. The lowest BCUT2D eigenvalue weighted by Crippen LogP contribution is -2.42. The monoisotopic (exact) mass is 531 g/mol. The minimum absolute atomic E-state index is 0.371. The number of hydrogen-bond acceptors (Lipinski definition) is 7. The van der Waals surface area contributed by atoms with Gasteiger partial charge in [-0.15, -0.1) is 0 Å². The maximum atomic E-state index is 14.0. The van der Waals surface area contributed by atoms with Gasteiger partial charge in [-0.2, -0.15) is 10.2 Å². The number of rotatable bonds is 8. The topological polar surface area (TPSA) is 106 Å². The molecule has 1 saturated heterocycles. The molecular formula is C28H30FN7O3. The third-order valence-corrected chi connectivity index (χ3v) is 6.48. The molecule has 0 unspecified atom stereocenters. The number of amides is 2. The van der Waals surface area contributed by atoms with Gasteiger partial charge in [0.1, 0.15) is 29.3 Å². The van der Waals surface area contributed by atoms with Gasteiger partial charge < -0.3 is 10.1 Å². The van der Waals surface area contributed by atoms with E-state index < -0.39 is 18.2 Å². The third kappa shape index (κ3) is 5.95. The molecule has 11 heteroatoms. The number of ether oxygens (including phenoxy) is 1. The molecule has 0 spiro atoms. The summed E-state index contributed by atoms with van der Waals surface area (Å²) in [6.45, 7) is 5.06. The lowest BCUT2D eigenvalue weighted by molar-refractivity contribution is -0.154. The van der Waals surface area contributed by atoms with Crippen LogP contribution in [0.25, 0.3) is 16.9 Å². The lowest BCUT2D eigenvalue weighted by Gasteiger charge is -2.19. The molecule has 5 rings (SSSR count). The van der Waals surface area contributed by atoms with Crippen molar-refractivity contribution in [1.29, 1.82) is 0 Å². The summed E-state index contributed by atoms with van der Waals surface area (Å²) in [4.78, 5) is 28.1. The van der Waals surface area contributed by atoms with Crippen LogP contribution in [0.4, 0.5) is 15.0 Å². The van der Waals surface area contributed by atoms with Crippen LogP contribution < -0.4 is 10.6 Å². The maximum Gasteiger partial charge on any atom is 0.320 e. The van der Waals surface area contributed by atoms with E-state index in [-0.39, 0.29) is 5.82 Å². The van der Waals surface area contributed by atoms with E-state index in [1.807, 2.05) is 44.2 Å². The highest BCUT2D eigenvalue weighted by Gasteiger charge is 2.37. The Morgan fingerprint density at radius 2 is 1.90 bits per heavy atom. The second-order valence-electron chi connectivity index (χ2n) is 9.26. The summed E-state index contributed by atoms with van der Waals surface area (Å²) in [5, 5.41) is 12.5. The lowest BCUT2D eigenvalue weighted by atomic mass is 10.0. The van der Waals surface area contributed by atoms with Gasteiger partial charge in [0.15, 0.2) is 0 Å². The average Bonchev–Trinajstić information content (AvgIpc) is 3.49. The molecule has 202 valence electrons. The van der Waals surface area contributed by atoms with E-state index in [2.05, 4.69) is 20.6 Å². The van der Waals surface area contributed by atoms with Crippen LogP contribution in [0.2, 0.25) is 0 Å². The Morgan fingerprint density at radius 1 is 1.13 bits per heavy atom. The summed E-state index contributed by atoms with van der Waals surface area (Å²) in [7, 11) is 1.61. The van der Waals surface area contributed by atoms with E-state index in [4.69, 9.17) is 14.7 Å². The molecule has 2 N–H and O–H groups in total. The number of nitrogens with one attached hydrogen (secondary N) is 2. The van der Waals surface area contributed by atoms with Crippen LogP contribution in [-0.4, -0.2) is 63.7 Å². The van der Waals surface area contributed by atoms with Crippen molar-refractivity contribution in [3.63, 3.8) is 0 Å². The molecule has 2 atom stereocenters. The van der Waals surface area contributed by atoms with Gasteiger partial charge in [0.2, 0.25) is 0 Å². The standard InChI is InChI=1S/C28H30FN7O3/c1-18-25(21-15-30-19(2)31-16-21)34-36(23-10-5-4-6-11-23)27(18)33-28(37)32-24-17-35(12-13-38-3)39-26(24)20-8-7-9-22(29)14-20/h4-11,14-16,24,26H,12-13,17H2,1-3H3,(H2,32,33,37)/t24-,26+/m1/s1. The zero-order chi connectivity index (χ0) is 27.4. The van der Waals surface area contributed by atoms with Gasteiger partial charge in [-0.05, 0) is 43.7 Å². The first-order valence-corrected chi connectivity index (χ1v) is 12.6. The highest BCUT2D eigenvalue weighted by Crippen LogP contribution is 2.32. The molecule has 2 amide bonds. The molecule has 1 aliphatic heterocycles. The number of hydrogen-bond donors (Lipinski definition) is 2. The Kier molecular flexibility index (Phi) is 7.92. The van der Waals surface area contributed by atoms with Gasteiger partial charge in [-0.25, -0.2) is 23.8 Å². The molecule has 1 fully saturated rings. The number of aromatic nitrogens is 4. The normalized spacial score (nSPS) is 17.3. The van der Waals surface area contributed by atoms with E-state index >= 15 is 0 Å². The van der Waals surface area contributed by atoms with Crippen LogP contribution in [0.1, 0.15) is 23.1 Å². The van der Waals surface area contributed by atoms with E-state index in [0.29, 0.717) is 42.6 Å². The molecule has 2 aromatic carbocycles. The molecule has 2 aromatic heterocycles. The quantitative estimate of drug-likeness (QED) is 0.351. The van der Waals surface area contributed by atoms with Crippen LogP contribution in [-0.2, 0) is 9.57 Å². The molecule has 10 nitrogen and oxygen atoms in total. The van der Waals surface area contributed by atoms with Crippen LogP contribution in [0.5, 0.6) is 0 Å². The van der Waals surface area contributed by atoms with Crippen LogP contribution in [0.15, 0.2) is 67.0 Å². The third-order valence-electron chi connectivity index (χ3n) is 6.48. The van der Waals surface area contributed by atoms with E-state index in [9.17, 15) is 9.18 Å². The van der Waals surface area contributed by atoms with Crippen LogP contribution >= 0.6 is 0 Å². The van der Waals surface area contributed by atoms with Gasteiger partial charge in [-0.3, -0.25) is 10.2 Å². The molecule has 39 heavy (non-hydrogen) atoms. The van der Waals surface area contributed by atoms with Crippen molar-refractivity contribution >= 4 is 11.8 Å². The predicted octanol–water partition coefficient (Wildman–Crippen LogP) is 4.21. The Bertz CT molecular complexity index is 1430. The Morgan fingerprint density at radius 3 is 2.62 bits per heavy atom. The molecule has 3 heterocycles. The minimum Gasteiger partial charge on any atom is -0.383 e. The molecule has 0 radical (unpaired) electrons. The zero-order valence-corrected chi connectivity index (χ0v) is 22.0. The van der Waals surface area contributed by atoms with E-state index in [1.165, 1.54) is 12.1 Å². The summed E-state index contributed by atoms with van der Waals surface area (Å²) in [5.74, 6) is 0.791. The van der Waals surface area contributed by atoms with Gasteiger partial charge in [0.25, 0.3) is 0 Å². The maximum absolute atomic E-state index is 14.0. The van der Waals surface area contributed by atoms with Gasteiger partial charge in [0, 0.05) is 43.7 Å². The summed E-state index contributed by atoms with van der Waals surface area (Å²) < 4.78 is 20.9. The van der Waals surface area contributed by atoms with Crippen molar-refractivity contribution in [1.82, 2.24) is 30.1 Å². The Hall–Kier alpha value is -4.19. The van der Waals surface area contributed by atoms with Crippen molar-refractivity contribution in [2.45, 2.75) is 26.0 Å². The molecule has 4 aromatic rings. The van der Waals surface area contributed by atoms with Crippen LogP contribution in [0, 0.1) is 19.7 Å². The van der Waals surface area contributed by atoms with Gasteiger partial charge >= 0.3 is 6.03 Å². The van der Waals surface area contributed by atoms with Crippen LogP contribution in [0.3, 0.4) is 0 Å². The first-order chi connectivity index (χ1) is 18.9. The number of benzene rings is 2. The number of anilines is 1. The average molecular weight is 532 g/mol. The second-order valence-corrected chi connectivity index (χ2v) is 9.26. The summed E-state index contributed by atoms with van der Waals surface area (Å²) in [6, 6.07) is 14.8. The fourth-order valence-corrected chi connectivity index (χ4v) is 4.53. The molecule has 0 aliphatic carbocycles. The smallest absolute Gasteiger partial charge is 0.320 e. The zero-order valence-electron chi connectivity index (χ0n) is 22.0. The number of para-hydroxylation sites is 1. The number of nitrogens with zero attached hydrogens (tertiary/aromatic N) is 5. The minimum atomic E-state index is -0.566. The highest BCUT2D eigenvalue weighted by molar-refractivity contribution is 5.91. The first-order valence-electron chi connectivity index (χ1n) is 12.6. The molecule has 1 aliphatic rings. The molecular weight excluding hydrogens is 501 g/mol. The van der Waals surface area contributed by atoms with Gasteiger partial charge in [0.05, 0.1) is 18.3 Å². The summed E-state index contributed by atoms with van der Waals surface area (Å²) in [6.07, 6.45) is 2.86. The SMILES string of the molecule is COCCN1C[C@@H](NC(=O)Nc2c(C)c(-c3cnc(C)nc3)nn2-c2ccccc2)[C@H](c2cccc(F)c2)O1. The van der Waals surface area contributed by atoms with Crippen molar-refractivity contribution < 1.29 is 18.8 Å². The van der Waals surface area contributed by atoms with E-state index in [1.54, 1.807) is 41.4 Å². The number of urea groups is 1. The predicted molar refractivity (Wildman–Crippen MR) is 144 cm³/mol. The number of carbonyl (C=O) groups is 1. The molecule has 0 saturated carbocycles. The van der Waals surface area contributed by atoms with Crippen molar-refractivity contribution in [2.24, 2.45) is 0 Å². The summed E-state index contributed by atoms with van der Waals surface area (Å²) in [5.41, 5.74) is 3.56. The number of methoxy groups -OCH3 is 1. The highest BCUT2D eigenvalue weighted by atomic mass is 19.1. The second kappa shape index (κ2) is 11.7. The first kappa shape index (κ1) is 26.4. The fraction of sp³-hybridized carbons (Fsp3) is 0.286. The van der Waals surface area contributed by atoms with Gasteiger partial charge in [-0.1, -0.05) is 30.3 Å². The Balaban J connectivity index is 1.42. The molecule has 0 bridgehead atoms. The Labute approximate surface area is 225 Å².